The summed E-state index contributed by atoms with van der Waals surface area (Å²) in [5.41, 5.74) is -1.06. The number of nitrogens with zero attached hydrogens (tertiary/aromatic N) is 2. The Kier molecular flexibility index (Phi) is 4.08. The van der Waals surface area contributed by atoms with Gasteiger partial charge in [0.1, 0.15) is 16.1 Å². The van der Waals surface area contributed by atoms with Gasteiger partial charge in [0, 0.05) is 6.54 Å². The van der Waals surface area contributed by atoms with Crippen molar-refractivity contribution in [1.29, 1.82) is 0 Å². The second-order valence-corrected chi connectivity index (χ2v) is 9.29. The maximum atomic E-state index is 12.5. The van der Waals surface area contributed by atoms with E-state index in [1.54, 1.807) is 6.07 Å². The number of fused-ring (bicyclic) bond motifs is 1. The first-order valence-corrected chi connectivity index (χ1v) is 9.13. The lowest BCUT2D eigenvalue weighted by molar-refractivity contribution is -0.00543. The van der Waals surface area contributed by atoms with Gasteiger partial charge in [-0.3, -0.25) is 9.69 Å². The SMILES string of the molecule is CC(C)(C)[C@]1(c2nc3cc(Br)sc3c(=O)[nH]2)CC=CCN1C(=O)O. The molecule has 0 saturated heterocycles. The van der Waals surface area contributed by atoms with Crippen molar-refractivity contribution in [2.45, 2.75) is 32.7 Å². The number of rotatable bonds is 1. The van der Waals surface area contributed by atoms with E-state index in [-0.39, 0.29) is 12.1 Å². The molecule has 1 amide bonds. The molecule has 1 aliphatic heterocycles. The standard InChI is InChI=1S/C16H18BrN3O3S/c1-15(2,3)16(6-4-5-7-20(16)14(22)23)13-18-9-8-10(17)24-11(9)12(21)19-13/h4-5,8H,6-7H2,1-3H3,(H,22,23)(H,18,19,21)/t16-/m1/s1. The molecule has 0 fully saturated rings. The van der Waals surface area contributed by atoms with Crippen LogP contribution in [0, 0.1) is 5.41 Å². The van der Waals surface area contributed by atoms with E-state index in [9.17, 15) is 14.7 Å². The van der Waals surface area contributed by atoms with Gasteiger partial charge in [0.25, 0.3) is 5.56 Å². The van der Waals surface area contributed by atoms with Crippen LogP contribution in [-0.4, -0.2) is 32.6 Å². The second-order valence-electron chi connectivity index (χ2n) is 6.86. The highest BCUT2D eigenvalue weighted by Crippen LogP contribution is 2.47. The zero-order valence-corrected chi connectivity index (χ0v) is 16.0. The molecular weight excluding hydrogens is 394 g/mol. The minimum absolute atomic E-state index is 0.241. The van der Waals surface area contributed by atoms with Crippen LogP contribution in [-0.2, 0) is 5.54 Å². The van der Waals surface area contributed by atoms with Gasteiger partial charge >= 0.3 is 6.09 Å². The Morgan fingerprint density at radius 3 is 2.79 bits per heavy atom. The lowest BCUT2D eigenvalue weighted by Gasteiger charge is -2.50. The minimum Gasteiger partial charge on any atom is -0.465 e. The van der Waals surface area contributed by atoms with Crippen molar-refractivity contribution in [3.05, 3.63) is 38.2 Å². The molecule has 3 rings (SSSR count). The monoisotopic (exact) mass is 411 g/mol. The number of hydrogen-bond acceptors (Lipinski definition) is 4. The van der Waals surface area contributed by atoms with Gasteiger partial charge in [-0.2, -0.15) is 0 Å². The van der Waals surface area contributed by atoms with Gasteiger partial charge < -0.3 is 10.1 Å². The van der Waals surface area contributed by atoms with Crippen molar-refractivity contribution in [3.8, 4) is 0 Å². The Morgan fingerprint density at radius 1 is 1.46 bits per heavy atom. The quantitative estimate of drug-likeness (QED) is 0.695. The zero-order chi connectivity index (χ0) is 17.7. The molecule has 0 saturated carbocycles. The number of halogens is 1. The number of aromatic nitrogens is 2. The summed E-state index contributed by atoms with van der Waals surface area (Å²) in [5, 5.41) is 9.75. The van der Waals surface area contributed by atoms with Crippen LogP contribution in [0.1, 0.15) is 33.0 Å². The first kappa shape index (κ1) is 17.2. The first-order valence-electron chi connectivity index (χ1n) is 7.52. The maximum absolute atomic E-state index is 12.5. The van der Waals surface area contributed by atoms with Crippen molar-refractivity contribution in [2.75, 3.05) is 6.54 Å². The Bertz CT molecular complexity index is 896. The molecule has 8 heteroatoms. The fraction of sp³-hybridized carbons (Fsp3) is 0.438. The normalized spacial score (nSPS) is 21.4. The molecule has 0 radical (unpaired) electrons. The Labute approximate surface area is 151 Å². The Hall–Kier alpha value is -1.67. The third-order valence-corrected chi connectivity index (χ3v) is 6.17. The molecule has 24 heavy (non-hydrogen) atoms. The lowest BCUT2D eigenvalue weighted by Crippen LogP contribution is -2.58. The van der Waals surface area contributed by atoms with E-state index >= 15 is 0 Å². The molecule has 6 nitrogen and oxygen atoms in total. The molecular formula is C16H18BrN3O3S. The number of amides is 1. The van der Waals surface area contributed by atoms with Crippen molar-refractivity contribution in [1.82, 2.24) is 14.9 Å². The number of hydrogen-bond donors (Lipinski definition) is 2. The van der Waals surface area contributed by atoms with E-state index in [2.05, 4.69) is 25.9 Å². The molecule has 0 bridgehead atoms. The third-order valence-electron chi connectivity index (χ3n) is 4.54. The van der Waals surface area contributed by atoms with Crippen molar-refractivity contribution in [2.24, 2.45) is 5.41 Å². The van der Waals surface area contributed by atoms with Gasteiger partial charge in [-0.15, -0.1) is 11.3 Å². The van der Waals surface area contributed by atoms with E-state index in [4.69, 9.17) is 0 Å². The molecule has 1 atom stereocenters. The fourth-order valence-electron chi connectivity index (χ4n) is 3.34. The van der Waals surface area contributed by atoms with E-state index in [1.807, 2.05) is 32.9 Å². The smallest absolute Gasteiger partial charge is 0.408 e. The second kappa shape index (κ2) is 5.70. The summed E-state index contributed by atoms with van der Waals surface area (Å²) >= 11 is 4.69. The Balaban J connectivity index is 2.33. The van der Waals surface area contributed by atoms with Crippen LogP contribution in [0.3, 0.4) is 0 Å². The van der Waals surface area contributed by atoms with E-state index in [1.165, 1.54) is 16.2 Å². The number of nitrogens with one attached hydrogen (secondary N) is 1. The van der Waals surface area contributed by atoms with Gasteiger partial charge in [0.05, 0.1) is 9.30 Å². The highest BCUT2D eigenvalue weighted by Gasteiger charge is 2.52. The van der Waals surface area contributed by atoms with E-state index in [0.29, 0.717) is 22.5 Å². The fourth-order valence-corrected chi connectivity index (χ4v) is 4.76. The van der Waals surface area contributed by atoms with Crippen LogP contribution in [0.5, 0.6) is 0 Å². The molecule has 3 heterocycles. The van der Waals surface area contributed by atoms with Gasteiger partial charge in [-0.05, 0) is 33.8 Å². The lowest BCUT2D eigenvalue weighted by atomic mass is 9.68. The highest BCUT2D eigenvalue weighted by molar-refractivity contribution is 9.11. The topological polar surface area (TPSA) is 86.3 Å². The summed E-state index contributed by atoms with van der Waals surface area (Å²) in [5.74, 6) is 0.393. The molecule has 0 aromatic carbocycles. The summed E-state index contributed by atoms with van der Waals surface area (Å²) in [7, 11) is 0. The molecule has 2 N–H and O–H groups in total. The third kappa shape index (κ3) is 2.48. The van der Waals surface area contributed by atoms with Crippen LogP contribution in [0.4, 0.5) is 4.79 Å². The first-order chi connectivity index (χ1) is 11.2. The summed E-state index contributed by atoms with van der Waals surface area (Å²) in [6, 6.07) is 1.79. The van der Waals surface area contributed by atoms with Gasteiger partial charge in [0.15, 0.2) is 0 Å². The van der Waals surface area contributed by atoms with Crippen molar-refractivity contribution >= 4 is 43.6 Å². The minimum atomic E-state index is -1.02. The van der Waals surface area contributed by atoms with Crippen molar-refractivity contribution < 1.29 is 9.90 Å². The summed E-state index contributed by atoms with van der Waals surface area (Å²) < 4.78 is 1.35. The molecule has 0 aliphatic carbocycles. The largest absolute Gasteiger partial charge is 0.465 e. The molecule has 128 valence electrons. The van der Waals surface area contributed by atoms with E-state index in [0.717, 1.165) is 3.79 Å². The number of aromatic amines is 1. The molecule has 2 aromatic rings. The number of thiophene rings is 1. The Morgan fingerprint density at radius 2 is 2.17 bits per heavy atom. The number of carboxylic acid groups (broad SMARTS) is 1. The predicted molar refractivity (Wildman–Crippen MR) is 97.6 cm³/mol. The van der Waals surface area contributed by atoms with Crippen LogP contribution in [0.25, 0.3) is 10.2 Å². The predicted octanol–water partition coefficient (Wildman–Crippen LogP) is 3.93. The average molecular weight is 412 g/mol. The molecule has 2 aromatic heterocycles. The van der Waals surface area contributed by atoms with E-state index < -0.39 is 17.0 Å². The number of H-pyrrole nitrogens is 1. The average Bonchev–Trinajstić information content (AvgIpc) is 2.86. The summed E-state index contributed by atoms with van der Waals surface area (Å²) in [6.45, 7) is 6.17. The summed E-state index contributed by atoms with van der Waals surface area (Å²) in [6.07, 6.45) is 3.22. The highest BCUT2D eigenvalue weighted by atomic mass is 79.9. The van der Waals surface area contributed by atoms with Gasteiger partial charge in [-0.25, -0.2) is 9.78 Å². The van der Waals surface area contributed by atoms with Gasteiger partial charge in [-0.1, -0.05) is 32.9 Å². The van der Waals surface area contributed by atoms with Crippen molar-refractivity contribution in [3.63, 3.8) is 0 Å². The van der Waals surface area contributed by atoms with Crippen LogP contribution in [0.2, 0.25) is 0 Å². The zero-order valence-electron chi connectivity index (χ0n) is 13.6. The van der Waals surface area contributed by atoms with Crippen LogP contribution < -0.4 is 5.56 Å². The molecule has 0 unspecified atom stereocenters. The number of carbonyl (C=O) groups is 1. The molecule has 0 spiro atoms. The molecule has 1 aliphatic rings. The van der Waals surface area contributed by atoms with Crippen LogP contribution in [0.15, 0.2) is 26.8 Å². The maximum Gasteiger partial charge on any atom is 0.408 e. The van der Waals surface area contributed by atoms with Gasteiger partial charge in [0.2, 0.25) is 0 Å². The summed E-state index contributed by atoms with van der Waals surface area (Å²) in [4.78, 5) is 33.3. The van der Waals surface area contributed by atoms with Crippen LogP contribution >= 0.6 is 27.3 Å².